The molecule has 0 fully saturated rings. The minimum absolute atomic E-state index is 0.256. The summed E-state index contributed by atoms with van der Waals surface area (Å²) in [6.45, 7) is -0.390. The van der Waals surface area contributed by atoms with E-state index in [1.54, 1.807) is 0 Å². The number of halogens is 1. The number of para-hydroxylation sites is 2. The summed E-state index contributed by atoms with van der Waals surface area (Å²) in [5.41, 5.74) is 1.55. The van der Waals surface area contributed by atoms with Crippen molar-refractivity contribution in [3.63, 3.8) is 0 Å². The molecule has 2 rings (SSSR count). The van der Waals surface area contributed by atoms with Crippen molar-refractivity contribution in [1.29, 1.82) is 0 Å². The van der Waals surface area contributed by atoms with Crippen LogP contribution < -0.4 is 0 Å². The Labute approximate surface area is 74.2 Å². The fourth-order valence-corrected chi connectivity index (χ4v) is 1.40. The van der Waals surface area contributed by atoms with E-state index in [4.69, 9.17) is 11.6 Å². The lowest BCUT2D eigenvalue weighted by atomic mass is 10.3. The molecule has 2 aromatic rings. The lowest BCUT2D eigenvalue weighted by molar-refractivity contribution is 0.123. The number of hydrogen-bond acceptors (Lipinski definition) is 1. The third-order valence-electron chi connectivity index (χ3n) is 1.74. The van der Waals surface area contributed by atoms with Crippen molar-refractivity contribution in [2.75, 3.05) is 0 Å². The van der Waals surface area contributed by atoms with Crippen molar-refractivity contribution in [2.24, 2.45) is 0 Å². The van der Waals surface area contributed by atoms with E-state index in [0.717, 1.165) is 11.0 Å². The van der Waals surface area contributed by atoms with E-state index >= 15 is 0 Å². The Hall–Kier alpha value is -1.06. The monoisotopic (exact) mass is 181 g/mol. The first-order valence-electron chi connectivity index (χ1n) is 3.52. The number of imidazole rings is 1. The normalized spacial score (nSPS) is 10.8. The molecule has 0 spiro atoms. The summed E-state index contributed by atoms with van der Waals surface area (Å²) in [6, 6.07) is 7.37. The Morgan fingerprint density at radius 3 is 2.92 bits per heavy atom. The van der Waals surface area contributed by atoms with Crippen molar-refractivity contribution < 1.29 is 5.11 Å². The van der Waals surface area contributed by atoms with Gasteiger partial charge in [0.15, 0.2) is 6.73 Å². The Morgan fingerprint density at radius 1 is 1.42 bits per heavy atom. The van der Waals surface area contributed by atoms with Crippen molar-refractivity contribution in [1.82, 2.24) is 9.55 Å². The first kappa shape index (κ1) is 7.58. The van der Waals surface area contributed by atoms with Crippen LogP contribution in [0.2, 0.25) is 5.28 Å². The molecule has 0 N–H and O–H groups in total. The molecular weight excluding hydrogens is 176 g/mol. The first-order valence-corrected chi connectivity index (χ1v) is 3.89. The highest BCUT2D eigenvalue weighted by molar-refractivity contribution is 6.29. The van der Waals surface area contributed by atoms with E-state index in [1.165, 1.54) is 4.57 Å². The fourth-order valence-electron chi connectivity index (χ4n) is 1.17. The predicted octanol–water partition coefficient (Wildman–Crippen LogP) is 2.08. The first-order chi connectivity index (χ1) is 5.83. The van der Waals surface area contributed by atoms with Crippen LogP contribution >= 0.6 is 11.6 Å². The van der Waals surface area contributed by atoms with Crippen LogP contribution in [0.4, 0.5) is 0 Å². The van der Waals surface area contributed by atoms with Gasteiger partial charge in [0.2, 0.25) is 5.28 Å². The molecule has 4 heteroatoms. The smallest absolute Gasteiger partial charge is 0.205 e. The minimum Gasteiger partial charge on any atom is -0.287 e. The van der Waals surface area contributed by atoms with Crippen LogP contribution in [0.1, 0.15) is 0 Å². The molecule has 61 valence electrons. The third kappa shape index (κ3) is 0.983. The maximum Gasteiger partial charge on any atom is 0.205 e. The number of rotatable bonds is 1. The molecule has 3 nitrogen and oxygen atoms in total. The van der Waals surface area contributed by atoms with Gasteiger partial charge in [-0.05, 0) is 23.7 Å². The van der Waals surface area contributed by atoms with E-state index in [-0.39, 0.29) is 12.0 Å². The third-order valence-corrected chi connectivity index (χ3v) is 2.03. The van der Waals surface area contributed by atoms with Crippen LogP contribution in [0.5, 0.6) is 0 Å². The highest BCUT2D eigenvalue weighted by Gasteiger charge is 2.05. The number of nitrogens with zero attached hydrogens (tertiary/aromatic N) is 2. The largest absolute Gasteiger partial charge is 0.287 e. The van der Waals surface area contributed by atoms with Gasteiger partial charge in [-0.2, -0.15) is 0 Å². The molecule has 1 aromatic heterocycles. The van der Waals surface area contributed by atoms with Gasteiger partial charge in [-0.1, -0.05) is 12.1 Å². The Balaban J connectivity index is 2.81. The van der Waals surface area contributed by atoms with Crippen molar-refractivity contribution in [3.8, 4) is 0 Å². The fraction of sp³-hybridized carbons (Fsp3) is 0.125. The molecule has 0 aliphatic rings. The van der Waals surface area contributed by atoms with Gasteiger partial charge in [0, 0.05) is 0 Å². The molecule has 0 unspecified atom stereocenters. The van der Waals surface area contributed by atoms with E-state index < -0.39 is 0 Å². The van der Waals surface area contributed by atoms with Crippen LogP contribution in [-0.2, 0) is 11.8 Å². The van der Waals surface area contributed by atoms with Crippen LogP contribution in [-0.4, -0.2) is 9.55 Å². The SMILES string of the molecule is [O]Cn1c(Cl)nc2ccccc21. The number of fused-ring (bicyclic) bond motifs is 1. The van der Waals surface area contributed by atoms with Gasteiger partial charge < -0.3 is 0 Å². The average molecular weight is 182 g/mol. The molecule has 0 bridgehead atoms. The van der Waals surface area contributed by atoms with E-state index in [9.17, 15) is 5.11 Å². The van der Waals surface area contributed by atoms with Crippen LogP contribution in [0.15, 0.2) is 24.3 Å². The number of hydrogen-bond donors (Lipinski definition) is 0. The molecule has 0 atom stereocenters. The molecule has 1 radical (unpaired) electrons. The second kappa shape index (κ2) is 2.77. The summed E-state index contributed by atoms with van der Waals surface area (Å²) in [7, 11) is 0. The lowest BCUT2D eigenvalue weighted by Crippen LogP contribution is -1.93. The molecular formula is C8H6ClN2O. The van der Waals surface area contributed by atoms with Crippen molar-refractivity contribution >= 4 is 22.6 Å². The zero-order valence-electron chi connectivity index (χ0n) is 6.20. The maximum absolute atomic E-state index is 10.7. The summed E-state index contributed by atoms with van der Waals surface area (Å²) in [6.07, 6.45) is 0. The standard InChI is InChI=1S/C8H6ClN2O/c9-8-10-6-3-1-2-4-7(6)11(8)5-12/h1-4H,5H2. The van der Waals surface area contributed by atoms with Gasteiger partial charge in [0.1, 0.15) is 0 Å². The predicted molar refractivity (Wildman–Crippen MR) is 45.4 cm³/mol. The highest BCUT2D eigenvalue weighted by atomic mass is 35.5. The molecule has 0 amide bonds. The summed E-state index contributed by atoms with van der Waals surface area (Å²) in [5, 5.41) is 10.9. The minimum atomic E-state index is -0.390. The summed E-state index contributed by atoms with van der Waals surface area (Å²) in [4.78, 5) is 4.01. The highest BCUT2D eigenvalue weighted by Crippen LogP contribution is 2.18. The van der Waals surface area contributed by atoms with Crippen molar-refractivity contribution in [3.05, 3.63) is 29.5 Å². The topological polar surface area (TPSA) is 37.7 Å². The second-order valence-corrected chi connectivity index (χ2v) is 2.76. The van der Waals surface area contributed by atoms with Gasteiger partial charge in [0.05, 0.1) is 11.0 Å². The van der Waals surface area contributed by atoms with E-state index in [0.29, 0.717) is 0 Å². The van der Waals surface area contributed by atoms with Gasteiger partial charge in [-0.25, -0.2) is 10.1 Å². The summed E-state index contributed by atoms with van der Waals surface area (Å²) in [5.74, 6) is 0. The Morgan fingerprint density at radius 2 is 2.17 bits per heavy atom. The van der Waals surface area contributed by atoms with E-state index in [2.05, 4.69) is 4.98 Å². The van der Waals surface area contributed by atoms with Gasteiger partial charge in [-0.3, -0.25) is 4.57 Å². The molecule has 0 saturated carbocycles. The van der Waals surface area contributed by atoms with Crippen LogP contribution in [0.25, 0.3) is 11.0 Å². The molecule has 1 heterocycles. The Bertz CT molecular complexity index is 410. The van der Waals surface area contributed by atoms with E-state index in [1.807, 2.05) is 24.3 Å². The molecule has 0 saturated heterocycles. The Kier molecular flexibility index (Phi) is 1.75. The average Bonchev–Trinajstić information content (AvgIpc) is 2.40. The number of aromatic nitrogens is 2. The zero-order valence-corrected chi connectivity index (χ0v) is 6.95. The molecule has 12 heavy (non-hydrogen) atoms. The quantitative estimate of drug-likeness (QED) is 0.664. The lowest BCUT2D eigenvalue weighted by Gasteiger charge is -1.96. The summed E-state index contributed by atoms with van der Waals surface area (Å²) >= 11 is 5.72. The maximum atomic E-state index is 10.7. The second-order valence-electron chi connectivity index (χ2n) is 2.43. The van der Waals surface area contributed by atoms with Gasteiger partial charge in [0.25, 0.3) is 0 Å². The van der Waals surface area contributed by atoms with Crippen molar-refractivity contribution in [2.45, 2.75) is 6.73 Å². The molecule has 0 aliphatic carbocycles. The number of benzene rings is 1. The zero-order chi connectivity index (χ0) is 8.55. The van der Waals surface area contributed by atoms with Gasteiger partial charge in [-0.15, -0.1) is 0 Å². The summed E-state index contributed by atoms with van der Waals surface area (Å²) < 4.78 is 1.43. The molecule has 1 aromatic carbocycles. The van der Waals surface area contributed by atoms with Gasteiger partial charge >= 0.3 is 0 Å². The van der Waals surface area contributed by atoms with Crippen LogP contribution in [0, 0.1) is 0 Å². The molecule has 0 aliphatic heterocycles. The van der Waals surface area contributed by atoms with Crippen LogP contribution in [0.3, 0.4) is 0 Å².